The van der Waals surface area contributed by atoms with Crippen molar-refractivity contribution >= 4 is 10.1 Å². The van der Waals surface area contributed by atoms with Gasteiger partial charge in [0.2, 0.25) is 0 Å². The molecule has 0 aromatic heterocycles. The second-order valence-corrected chi connectivity index (χ2v) is 3.14. The van der Waals surface area contributed by atoms with Gasteiger partial charge in [-0.2, -0.15) is 8.42 Å². The van der Waals surface area contributed by atoms with Gasteiger partial charge in [-0.3, -0.25) is 4.55 Å². The van der Waals surface area contributed by atoms with Crippen molar-refractivity contribution in [3.05, 3.63) is 12.7 Å². The van der Waals surface area contributed by atoms with E-state index in [1.165, 1.54) is 6.92 Å². The van der Waals surface area contributed by atoms with E-state index in [1.54, 1.807) is 6.08 Å². The van der Waals surface area contributed by atoms with Crippen LogP contribution in [-0.2, 0) is 10.1 Å². The molecule has 0 aromatic rings. The summed E-state index contributed by atoms with van der Waals surface area (Å²) < 4.78 is 26.9. The highest BCUT2D eigenvalue weighted by atomic mass is 32.2. The summed E-state index contributed by atoms with van der Waals surface area (Å²) in [5, 5.41) is 0. The molecule has 0 aliphatic carbocycles. The van der Waals surface area contributed by atoms with E-state index in [2.05, 4.69) is 6.58 Å². The molecule has 4 nitrogen and oxygen atoms in total. The third-order valence-electron chi connectivity index (χ3n) is 0.531. The van der Waals surface area contributed by atoms with Crippen LogP contribution >= 0.6 is 0 Å². The minimum atomic E-state index is -3.66. The Bertz CT molecular complexity index is 162. The molecule has 0 bridgehead atoms. The Labute approximate surface area is 61.5 Å². The topological polar surface area (TPSA) is 80.4 Å². The molecule has 10 heavy (non-hydrogen) atoms. The van der Waals surface area contributed by atoms with Crippen LogP contribution in [0.2, 0.25) is 0 Å². The second-order valence-electron chi connectivity index (χ2n) is 1.39. The molecular weight excluding hydrogens is 154 g/mol. The summed E-state index contributed by atoms with van der Waals surface area (Å²) in [5.74, 6) is -0.201. The first-order chi connectivity index (χ1) is 4.47. The van der Waals surface area contributed by atoms with Gasteiger partial charge in [0, 0.05) is 6.54 Å². The predicted molar refractivity (Wildman–Crippen MR) is 41.3 cm³/mol. The normalized spacial score (nSPS) is 9.50. The molecule has 0 aliphatic heterocycles. The summed E-state index contributed by atoms with van der Waals surface area (Å²) in [6, 6.07) is 0. The molecule has 0 spiro atoms. The average Bonchev–Trinajstić information content (AvgIpc) is 1.87. The van der Waals surface area contributed by atoms with Crippen LogP contribution in [0.5, 0.6) is 0 Å². The molecule has 0 amide bonds. The highest BCUT2D eigenvalue weighted by molar-refractivity contribution is 7.85. The fourth-order valence-electron chi connectivity index (χ4n) is 0. The Morgan fingerprint density at radius 3 is 1.90 bits per heavy atom. The lowest BCUT2D eigenvalue weighted by molar-refractivity contribution is 0.484. The molecule has 0 radical (unpaired) electrons. The minimum Gasteiger partial charge on any atom is -0.327 e. The van der Waals surface area contributed by atoms with Crippen molar-refractivity contribution in [3.63, 3.8) is 0 Å². The van der Waals surface area contributed by atoms with Gasteiger partial charge in [0.25, 0.3) is 10.1 Å². The Balaban J connectivity index is 0. The van der Waals surface area contributed by atoms with E-state index in [0.717, 1.165) is 0 Å². The first kappa shape index (κ1) is 12.3. The highest BCUT2D eigenvalue weighted by Crippen LogP contribution is 1.74. The van der Waals surface area contributed by atoms with Crippen LogP contribution in [0.1, 0.15) is 6.92 Å². The molecular formula is C5H13NO3S. The number of hydrogen-bond acceptors (Lipinski definition) is 3. The van der Waals surface area contributed by atoms with E-state index in [9.17, 15) is 8.42 Å². The largest absolute Gasteiger partial charge is 0.327 e. The molecule has 3 N–H and O–H groups in total. The summed E-state index contributed by atoms with van der Waals surface area (Å²) in [6.07, 6.45) is 1.65. The van der Waals surface area contributed by atoms with Gasteiger partial charge in [-0.25, -0.2) is 0 Å². The van der Waals surface area contributed by atoms with Crippen LogP contribution in [0.4, 0.5) is 0 Å². The standard InChI is InChI=1S/C3H7N.C2H6O3S/c1-2-3-4;1-2-6(3,4)5/h2H,1,3-4H2;2H2,1H3,(H,3,4,5). The van der Waals surface area contributed by atoms with Gasteiger partial charge in [-0.05, 0) is 6.92 Å². The van der Waals surface area contributed by atoms with Crippen molar-refractivity contribution < 1.29 is 13.0 Å². The Hall–Kier alpha value is -0.390. The SMILES string of the molecule is C=CCN.CCS(=O)(=O)O. The van der Waals surface area contributed by atoms with Gasteiger partial charge in [0.05, 0.1) is 5.75 Å². The fourth-order valence-corrected chi connectivity index (χ4v) is 0. The molecule has 5 heteroatoms. The lowest BCUT2D eigenvalue weighted by Crippen LogP contribution is -1.97. The van der Waals surface area contributed by atoms with E-state index in [0.29, 0.717) is 6.54 Å². The zero-order valence-corrected chi connectivity index (χ0v) is 6.76. The first-order valence-corrected chi connectivity index (χ1v) is 4.35. The van der Waals surface area contributed by atoms with E-state index in [4.69, 9.17) is 10.3 Å². The summed E-state index contributed by atoms with van der Waals surface area (Å²) in [6.45, 7) is 5.31. The predicted octanol–water partition coefficient (Wildman–Crippen LogP) is 0.0252. The number of nitrogens with two attached hydrogens (primary N) is 1. The smallest absolute Gasteiger partial charge is 0.264 e. The molecule has 0 unspecified atom stereocenters. The quantitative estimate of drug-likeness (QED) is 0.449. The van der Waals surface area contributed by atoms with E-state index in [-0.39, 0.29) is 5.75 Å². The Morgan fingerprint density at radius 2 is 1.90 bits per heavy atom. The van der Waals surface area contributed by atoms with Crippen molar-refractivity contribution in [1.82, 2.24) is 0 Å². The Kier molecular flexibility index (Phi) is 8.27. The molecule has 62 valence electrons. The molecule has 0 atom stereocenters. The fraction of sp³-hybridized carbons (Fsp3) is 0.600. The van der Waals surface area contributed by atoms with Gasteiger partial charge in [-0.1, -0.05) is 6.08 Å². The molecule has 0 saturated heterocycles. The lowest BCUT2D eigenvalue weighted by atomic mass is 10.7. The van der Waals surface area contributed by atoms with E-state index in [1.807, 2.05) is 0 Å². The van der Waals surface area contributed by atoms with Crippen LogP contribution in [0.25, 0.3) is 0 Å². The van der Waals surface area contributed by atoms with Crippen molar-refractivity contribution in [1.29, 1.82) is 0 Å². The maximum atomic E-state index is 9.56. The third-order valence-corrected chi connectivity index (χ3v) is 1.26. The van der Waals surface area contributed by atoms with Crippen LogP contribution in [0.3, 0.4) is 0 Å². The van der Waals surface area contributed by atoms with E-state index < -0.39 is 10.1 Å². The van der Waals surface area contributed by atoms with Crippen molar-refractivity contribution in [2.75, 3.05) is 12.3 Å². The zero-order chi connectivity index (χ0) is 8.62. The lowest BCUT2D eigenvalue weighted by Gasteiger charge is -1.79. The summed E-state index contributed by atoms with van der Waals surface area (Å²) in [7, 11) is -3.66. The number of rotatable bonds is 2. The van der Waals surface area contributed by atoms with Crippen molar-refractivity contribution in [2.24, 2.45) is 5.73 Å². The minimum absolute atomic E-state index is 0.201. The van der Waals surface area contributed by atoms with Crippen molar-refractivity contribution in [3.8, 4) is 0 Å². The van der Waals surface area contributed by atoms with Crippen LogP contribution in [0.15, 0.2) is 12.7 Å². The molecule has 0 fully saturated rings. The van der Waals surface area contributed by atoms with Crippen molar-refractivity contribution in [2.45, 2.75) is 6.92 Å². The monoisotopic (exact) mass is 167 g/mol. The number of hydrogen-bond donors (Lipinski definition) is 2. The maximum absolute atomic E-state index is 9.56. The third kappa shape index (κ3) is 25.5. The van der Waals surface area contributed by atoms with Gasteiger partial charge in [-0.15, -0.1) is 6.58 Å². The van der Waals surface area contributed by atoms with Crippen LogP contribution in [-0.4, -0.2) is 25.3 Å². The Morgan fingerprint density at radius 1 is 1.70 bits per heavy atom. The maximum Gasteiger partial charge on any atom is 0.264 e. The highest BCUT2D eigenvalue weighted by Gasteiger charge is 1.93. The second kappa shape index (κ2) is 6.73. The average molecular weight is 167 g/mol. The molecule has 0 heterocycles. The molecule has 0 aliphatic rings. The molecule has 0 aromatic carbocycles. The van der Waals surface area contributed by atoms with Gasteiger partial charge in [0.15, 0.2) is 0 Å². The van der Waals surface area contributed by atoms with Crippen LogP contribution in [0, 0.1) is 0 Å². The van der Waals surface area contributed by atoms with Gasteiger partial charge >= 0.3 is 0 Å². The molecule has 0 saturated carbocycles. The van der Waals surface area contributed by atoms with Crippen LogP contribution < -0.4 is 5.73 Å². The van der Waals surface area contributed by atoms with Gasteiger partial charge in [0.1, 0.15) is 0 Å². The van der Waals surface area contributed by atoms with Gasteiger partial charge < -0.3 is 5.73 Å². The molecule has 0 rings (SSSR count). The summed E-state index contributed by atoms with van der Waals surface area (Å²) in [5.41, 5.74) is 4.91. The summed E-state index contributed by atoms with van der Waals surface area (Å²) >= 11 is 0. The zero-order valence-electron chi connectivity index (χ0n) is 5.95. The summed E-state index contributed by atoms with van der Waals surface area (Å²) in [4.78, 5) is 0. The first-order valence-electron chi connectivity index (χ1n) is 2.74. The van der Waals surface area contributed by atoms with E-state index >= 15 is 0 Å².